The van der Waals surface area contributed by atoms with Gasteiger partial charge < -0.3 is 19.7 Å². The second kappa shape index (κ2) is 8.12. The molecular formula is C16H26N2O2. The van der Waals surface area contributed by atoms with Gasteiger partial charge in [0.25, 0.3) is 0 Å². The molecule has 0 aromatic heterocycles. The van der Waals surface area contributed by atoms with Crippen LogP contribution >= 0.6 is 0 Å². The molecule has 2 rings (SSSR count). The van der Waals surface area contributed by atoms with Crippen molar-refractivity contribution in [1.82, 2.24) is 10.2 Å². The van der Waals surface area contributed by atoms with Crippen molar-refractivity contribution in [2.24, 2.45) is 0 Å². The van der Waals surface area contributed by atoms with Gasteiger partial charge >= 0.3 is 0 Å². The van der Waals surface area contributed by atoms with E-state index in [-0.39, 0.29) is 0 Å². The summed E-state index contributed by atoms with van der Waals surface area (Å²) in [5, 5.41) is 3.51. The molecule has 1 N–H and O–H groups in total. The van der Waals surface area contributed by atoms with E-state index in [2.05, 4.69) is 17.1 Å². The number of hydrogen-bond acceptors (Lipinski definition) is 4. The van der Waals surface area contributed by atoms with E-state index in [1.54, 1.807) is 7.11 Å². The molecule has 1 aromatic carbocycles. The lowest BCUT2D eigenvalue weighted by Crippen LogP contribution is -2.39. The van der Waals surface area contributed by atoms with Crippen LogP contribution in [0.15, 0.2) is 24.3 Å². The monoisotopic (exact) mass is 278 g/mol. The Morgan fingerprint density at radius 1 is 1.15 bits per heavy atom. The van der Waals surface area contributed by atoms with Crippen LogP contribution in [-0.2, 0) is 0 Å². The maximum absolute atomic E-state index is 5.69. The molecule has 1 aliphatic rings. The third-order valence-corrected chi connectivity index (χ3v) is 3.65. The summed E-state index contributed by atoms with van der Waals surface area (Å²) >= 11 is 0. The first-order valence-electron chi connectivity index (χ1n) is 7.50. The Kier molecular flexibility index (Phi) is 6.15. The molecule has 0 saturated carbocycles. The van der Waals surface area contributed by atoms with Crippen LogP contribution in [0.3, 0.4) is 0 Å². The van der Waals surface area contributed by atoms with Gasteiger partial charge in [0, 0.05) is 19.1 Å². The molecule has 0 aliphatic carbocycles. The average Bonchev–Trinajstić information content (AvgIpc) is 2.97. The summed E-state index contributed by atoms with van der Waals surface area (Å²) in [5.74, 6) is 1.74. The van der Waals surface area contributed by atoms with Crippen LogP contribution in [0, 0.1) is 0 Å². The molecule has 4 heteroatoms. The van der Waals surface area contributed by atoms with Crippen LogP contribution in [0.5, 0.6) is 11.5 Å². The number of methoxy groups -OCH3 is 1. The van der Waals surface area contributed by atoms with Crippen molar-refractivity contribution in [2.45, 2.75) is 25.8 Å². The third kappa shape index (κ3) is 5.02. The number of likely N-dealkylation sites (tertiary alicyclic amines) is 1. The highest BCUT2D eigenvalue weighted by atomic mass is 16.5. The van der Waals surface area contributed by atoms with Crippen molar-refractivity contribution in [3.05, 3.63) is 24.3 Å². The highest BCUT2D eigenvalue weighted by molar-refractivity contribution is 5.31. The quantitative estimate of drug-likeness (QED) is 0.739. The van der Waals surface area contributed by atoms with Gasteiger partial charge in [-0.1, -0.05) is 0 Å². The standard InChI is InChI=1S/C16H26N2O2/c1-14(13-18-10-3-4-11-18)17-9-12-20-16-7-5-15(19-2)6-8-16/h5-8,14,17H,3-4,9-13H2,1-2H3. The van der Waals surface area contributed by atoms with E-state index in [1.807, 2.05) is 24.3 Å². The van der Waals surface area contributed by atoms with Crippen molar-refractivity contribution in [3.63, 3.8) is 0 Å². The second-order valence-corrected chi connectivity index (χ2v) is 5.39. The first-order chi connectivity index (χ1) is 9.78. The molecule has 1 aliphatic heterocycles. The van der Waals surface area contributed by atoms with Gasteiger partial charge in [-0.15, -0.1) is 0 Å². The minimum Gasteiger partial charge on any atom is -0.497 e. The Morgan fingerprint density at radius 2 is 1.80 bits per heavy atom. The zero-order valence-corrected chi connectivity index (χ0v) is 12.6. The molecule has 1 unspecified atom stereocenters. The molecule has 20 heavy (non-hydrogen) atoms. The van der Waals surface area contributed by atoms with Crippen LogP contribution in [0.1, 0.15) is 19.8 Å². The fourth-order valence-corrected chi connectivity index (χ4v) is 2.56. The van der Waals surface area contributed by atoms with Gasteiger partial charge in [0.15, 0.2) is 0 Å². The van der Waals surface area contributed by atoms with Gasteiger partial charge in [-0.2, -0.15) is 0 Å². The number of hydrogen-bond donors (Lipinski definition) is 1. The third-order valence-electron chi connectivity index (χ3n) is 3.65. The summed E-state index contributed by atoms with van der Waals surface area (Å²) in [6.07, 6.45) is 2.71. The molecule has 1 fully saturated rings. The van der Waals surface area contributed by atoms with Crippen molar-refractivity contribution in [3.8, 4) is 11.5 Å². The van der Waals surface area contributed by atoms with Gasteiger partial charge in [-0.3, -0.25) is 0 Å². The number of nitrogens with zero attached hydrogens (tertiary/aromatic N) is 1. The van der Waals surface area contributed by atoms with Gasteiger partial charge in [0.05, 0.1) is 7.11 Å². The molecule has 1 saturated heterocycles. The minimum atomic E-state index is 0.521. The van der Waals surface area contributed by atoms with Crippen molar-refractivity contribution in [1.29, 1.82) is 0 Å². The van der Waals surface area contributed by atoms with Crippen molar-refractivity contribution >= 4 is 0 Å². The maximum atomic E-state index is 5.69. The van der Waals surface area contributed by atoms with Gasteiger partial charge in [0.2, 0.25) is 0 Å². The SMILES string of the molecule is COc1ccc(OCCNC(C)CN2CCCC2)cc1. The normalized spacial score (nSPS) is 17.1. The molecule has 0 amide bonds. The average molecular weight is 278 g/mol. The maximum Gasteiger partial charge on any atom is 0.119 e. The van der Waals surface area contributed by atoms with E-state index in [0.717, 1.165) is 24.6 Å². The Bertz CT molecular complexity index is 375. The lowest BCUT2D eigenvalue weighted by atomic mass is 10.3. The molecule has 0 spiro atoms. The highest BCUT2D eigenvalue weighted by Crippen LogP contribution is 2.16. The number of nitrogens with one attached hydrogen (secondary N) is 1. The van der Waals surface area contributed by atoms with Crippen molar-refractivity contribution < 1.29 is 9.47 Å². The predicted octanol–water partition coefficient (Wildman–Crippen LogP) is 2.15. The van der Waals surface area contributed by atoms with Crippen LogP contribution in [0.4, 0.5) is 0 Å². The van der Waals surface area contributed by atoms with Crippen molar-refractivity contribution in [2.75, 3.05) is 39.9 Å². The molecule has 112 valence electrons. The van der Waals surface area contributed by atoms with Crippen LogP contribution in [0.2, 0.25) is 0 Å². The van der Waals surface area contributed by atoms with Gasteiger partial charge in [-0.05, 0) is 57.1 Å². The molecule has 1 aromatic rings. The summed E-state index contributed by atoms with van der Waals surface area (Å²) in [7, 11) is 1.67. The summed E-state index contributed by atoms with van der Waals surface area (Å²) in [4.78, 5) is 2.53. The van der Waals surface area contributed by atoms with Crippen LogP contribution in [0.25, 0.3) is 0 Å². The molecule has 1 heterocycles. The van der Waals surface area contributed by atoms with Crippen LogP contribution < -0.4 is 14.8 Å². The zero-order valence-electron chi connectivity index (χ0n) is 12.6. The number of benzene rings is 1. The predicted molar refractivity (Wildman–Crippen MR) is 81.6 cm³/mol. The molecule has 0 radical (unpaired) electrons. The van der Waals surface area contributed by atoms with E-state index >= 15 is 0 Å². The highest BCUT2D eigenvalue weighted by Gasteiger charge is 2.13. The summed E-state index contributed by atoms with van der Waals surface area (Å²) < 4.78 is 10.8. The zero-order chi connectivity index (χ0) is 14.2. The molecular weight excluding hydrogens is 252 g/mol. The van der Waals surface area contributed by atoms with Gasteiger partial charge in [-0.25, -0.2) is 0 Å². The van der Waals surface area contributed by atoms with Crippen LogP contribution in [-0.4, -0.2) is 50.8 Å². The lowest BCUT2D eigenvalue weighted by Gasteiger charge is -2.21. The smallest absolute Gasteiger partial charge is 0.119 e. The molecule has 0 bridgehead atoms. The fraction of sp³-hybridized carbons (Fsp3) is 0.625. The second-order valence-electron chi connectivity index (χ2n) is 5.39. The molecule has 4 nitrogen and oxygen atoms in total. The lowest BCUT2D eigenvalue weighted by molar-refractivity contribution is 0.273. The van der Waals surface area contributed by atoms with E-state index in [1.165, 1.54) is 25.9 Å². The number of ether oxygens (including phenoxy) is 2. The minimum absolute atomic E-state index is 0.521. The van der Waals surface area contributed by atoms with Gasteiger partial charge in [0.1, 0.15) is 18.1 Å². The number of rotatable bonds is 8. The summed E-state index contributed by atoms with van der Waals surface area (Å²) in [6.45, 7) is 7.47. The largest absolute Gasteiger partial charge is 0.497 e. The Hall–Kier alpha value is -1.26. The van der Waals surface area contributed by atoms with E-state index in [4.69, 9.17) is 9.47 Å². The van der Waals surface area contributed by atoms with E-state index in [0.29, 0.717) is 12.6 Å². The topological polar surface area (TPSA) is 33.7 Å². The summed E-state index contributed by atoms with van der Waals surface area (Å²) in [6, 6.07) is 8.23. The Labute approximate surface area is 122 Å². The first kappa shape index (κ1) is 15.1. The van der Waals surface area contributed by atoms with E-state index < -0.39 is 0 Å². The molecule has 1 atom stereocenters. The van der Waals surface area contributed by atoms with E-state index in [9.17, 15) is 0 Å². The summed E-state index contributed by atoms with van der Waals surface area (Å²) in [5.41, 5.74) is 0. The Morgan fingerprint density at radius 3 is 2.45 bits per heavy atom. The Balaban J connectivity index is 1.58. The first-order valence-corrected chi connectivity index (χ1v) is 7.50. The fourth-order valence-electron chi connectivity index (χ4n) is 2.56.